The first kappa shape index (κ1) is 16.3. The quantitative estimate of drug-likeness (QED) is 0.579. The first-order chi connectivity index (χ1) is 10.1. The molecule has 2 fully saturated rings. The van der Waals surface area contributed by atoms with Crippen molar-refractivity contribution in [3.05, 3.63) is 0 Å². The van der Waals surface area contributed by atoms with Gasteiger partial charge in [-0.15, -0.1) is 0 Å². The molecule has 0 atom stereocenters. The smallest absolute Gasteiger partial charge is 0.277 e. The fourth-order valence-corrected chi connectivity index (χ4v) is 3.72. The van der Waals surface area contributed by atoms with E-state index in [9.17, 15) is 14.4 Å². The third-order valence-corrected chi connectivity index (χ3v) is 5.19. The Morgan fingerprint density at radius 2 is 1.76 bits per heavy atom. The minimum atomic E-state index is -0.952. The Hall–Kier alpha value is -1.04. The van der Waals surface area contributed by atoms with E-state index in [0.29, 0.717) is 19.4 Å². The molecule has 1 heterocycles. The van der Waals surface area contributed by atoms with Crippen molar-refractivity contribution in [1.29, 1.82) is 0 Å². The summed E-state index contributed by atoms with van der Waals surface area (Å²) in [5.74, 6) is 0.505. The first-order valence-corrected chi connectivity index (χ1v) is 9.17. The summed E-state index contributed by atoms with van der Waals surface area (Å²) in [6.07, 6.45) is 9.14. The molecule has 0 aromatic carbocycles. The summed E-state index contributed by atoms with van der Waals surface area (Å²) in [5.41, 5.74) is -0.952. The average molecular weight is 312 g/mol. The predicted molar refractivity (Wildman–Crippen MR) is 83.0 cm³/mol. The molecule has 0 aromatic rings. The van der Waals surface area contributed by atoms with E-state index in [2.05, 4.69) is 11.6 Å². The number of nitrogens with zero attached hydrogens (tertiary/aromatic N) is 1. The van der Waals surface area contributed by atoms with E-state index in [1.54, 1.807) is 0 Å². The lowest BCUT2D eigenvalue weighted by Crippen LogP contribution is -2.63. The highest BCUT2D eigenvalue weighted by Gasteiger charge is 2.54. The number of thioether (sulfide) groups is 1. The van der Waals surface area contributed by atoms with Crippen molar-refractivity contribution in [3.8, 4) is 0 Å². The van der Waals surface area contributed by atoms with E-state index in [0.717, 1.165) is 37.9 Å². The highest BCUT2D eigenvalue weighted by Crippen LogP contribution is 2.41. The van der Waals surface area contributed by atoms with Crippen molar-refractivity contribution >= 4 is 29.6 Å². The van der Waals surface area contributed by atoms with E-state index in [1.807, 2.05) is 11.8 Å². The van der Waals surface area contributed by atoms with Crippen LogP contribution in [-0.2, 0) is 9.59 Å². The van der Waals surface area contributed by atoms with Gasteiger partial charge >= 0.3 is 6.03 Å². The topological polar surface area (TPSA) is 66.5 Å². The maximum absolute atomic E-state index is 12.6. The van der Waals surface area contributed by atoms with Crippen LogP contribution >= 0.6 is 11.8 Å². The Balaban J connectivity index is 1.88. The van der Waals surface area contributed by atoms with Gasteiger partial charge in [-0.05, 0) is 37.7 Å². The fraction of sp³-hybridized carbons (Fsp3) is 0.800. The summed E-state index contributed by atoms with van der Waals surface area (Å²) in [7, 11) is 0. The molecule has 0 radical (unpaired) electrons. The molecule has 0 bridgehead atoms. The summed E-state index contributed by atoms with van der Waals surface area (Å²) in [4.78, 5) is 37.8. The number of amides is 4. The monoisotopic (exact) mass is 312 g/mol. The molecule has 5 nitrogen and oxygen atoms in total. The Bertz CT molecular complexity index is 419. The van der Waals surface area contributed by atoms with Crippen molar-refractivity contribution in [3.63, 3.8) is 0 Å². The summed E-state index contributed by atoms with van der Waals surface area (Å²) >= 11 is 1.84. The van der Waals surface area contributed by atoms with Gasteiger partial charge in [0.15, 0.2) is 0 Å². The molecule has 1 saturated carbocycles. The molecule has 1 spiro atoms. The lowest BCUT2D eigenvalue weighted by atomic mass is 9.82. The van der Waals surface area contributed by atoms with Gasteiger partial charge in [-0.2, -0.15) is 11.8 Å². The Kier molecular flexibility index (Phi) is 5.67. The lowest BCUT2D eigenvalue weighted by Gasteiger charge is -2.36. The van der Waals surface area contributed by atoms with Crippen molar-refractivity contribution < 1.29 is 14.4 Å². The Labute approximate surface area is 130 Å². The van der Waals surface area contributed by atoms with Crippen LogP contribution in [0.15, 0.2) is 0 Å². The molecule has 1 aliphatic carbocycles. The highest BCUT2D eigenvalue weighted by atomic mass is 32.2. The minimum absolute atomic E-state index is 0.266. The number of rotatable bonds is 7. The largest absolute Gasteiger partial charge is 0.330 e. The van der Waals surface area contributed by atoms with E-state index in [-0.39, 0.29) is 11.8 Å². The number of nitrogens with one attached hydrogen (secondary N) is 1. The molecule has 1 N–H and O–H groups in total. The number of carbonyl (C=O) groups excluding carboxylic acids is 3. The van der Waals surface area contributed by atoms with E-state index < -0.39 is 11.4 Å². The van der Waals surface area contributed by atoms with E-state index in [1.165, 1.54) is 11.3 Å². The Morgan fingerprint density at radius 1 is 1.10 bits per heavy atom. The standard InChI is InChI=1S/C15H24N2O3S/c1-21-11-7-3-2-6-10-17-13(19)15(8-4-5-9-15)12(18)16-14(17)20/h2-11H2,1H3,(H,16,18,20). The normalized spacial score (nSPS) is 21.2. The van der Waals surface area contributed by atoms with Gasteiger partial charge in [-0.3, -0.25) is 19.8 Å². The zero-order valence-electron chi connectivity index (χ0n) is 12.7. The van der Waals surface area contributed by atoms with Crippen LogP contribution in [0.4, 0.5) is 4.79 Å². The minimum Gasteiger partial charge on any atom is -0.277 e. The molecule has 118 valence electrons. The molecule has 0 unspecified atom stereocenters. The van der Waals surface area contributed by atoms with Gasteiger partial charge in [0.2, 0.25) is 11.8 Å². The summed E-state index contributed by atoms with van der Waals surface area (Å²) in [5, 5.41) is 2.38. The molecule has 2 aliphatic rings. The lowest BCUT2D eigenvalue weighted by molar-refractivity contribution is -0.151. The fourth-order valence-electron chi connectivity index (χ4n) is 3.22. The number of carbonyl (C=O) groups is 3. The molecule has 4 amide bonds. The maximum Gasteiger partial charge on any atom is 0.330 e. The summed E-state index contributed by atoms with van der Waals surface area (Å²) < 4.78 is 0. The Morgan fingerprint density at radius 3 is 2.43 bits per heavy atom. The number of unbranched alkanes of at least 4 members (excludes halogenated alkanes) is 3. The van der Waals surface area contributed by atoms with Crippen molar-refractivity contribution in [1.82, 2.24) is 10.2 Å². The van der Waals surface area contributed by atoms with E-state index in [4.69, 9.17) is 0 Å². The molecular formula is C15H24N2O3S. The van der Waals surface area contributed by atoms with Crippen LogP contribution in [0.25, 0.3) is 0 Å². The van der Waals surface area contributed by atoms with Crippen LogP contribution < -0.4 is 5.32 Å². The van der Waals surface area contributed by atoms with Crippen molar-refractivity contribution in [2.45, 2.75) is 51.4 Å². The van der Waals surface area contributed by atoms with E-state index >= 15 is 0 Å². The van der Waals surface area contributed by atoms with Crippen molar-refractivity contribution in [2.24, 2.45) is 5.41 Å². The summed E-state index contributed by atoms with van der Waals surface area (Å²) in [6, 6.07) is -0.536. The van der Waals surface area contributed by atoms with Gasteiger partial charge in [-0.25, -0.2) is 4.79 Å². The van der Waals surface area contributed by atoms with Crippen LogP contribution in [0, 0.1) is 5.41 Å². The zero-order valence-corrected chi connectivity index (χ0v) is 13.5. The second-order valence-electron chi connectivity index (χ2n) is 5.91. The average Bonchev–Trinajstić information content (AvgIpc) is 2.95. The zero-order chi connectivity index (χ0) is 15.3. The molecular weight excluding hydrogens is 288 g/mol. The number of barbiturate groups is 1. The van der Waals surface area contributed by atoms with Gasteiger partial charge in [0.05, 0.1) is 0 Å². The first-order valence-electron chi connectivity index (χ1n) is 7.78. The summed E-state index contributed by atoms with van der Waals surface area (Å²) in [6.45, 7) is 0.430. The second-order valence-corrected chi connectivity index (χ2v) is 6.90. The SMILES string of the molecule is CSCCCCCCN1C(=O)NC(=O)C2(CCCC2)C1=O. The molecule has 1 aliphatic heterocycles. The van der Waals surface area contributed by atoms with Gasteiger partial charge in [0.1, 0.15) is 5.41 Å². The van der Waals surface area contributed by atoms with Crippen molar-refractivity contribution in [2.75, 3.05) is 18.6 Å². The molecule has 21 heavy (non-hydrogen) atoms. The third-order valence-electron chi connectivity index (χ3n) is 4.49. The third kappa shape index (κ3) is 3.42. The van der Waals surface area contributed by atoms with Crippen LogP contribution in [0.1, 0.15) is 51.4 Å². The van der Waals surface area contributed by atoms with Crippen LogP contribution in [0.3, 0.4) is 0 Å². The van der Waals surface area contributed by atoms with Crippen LogP contribution in [-0.4, -0.2) is 41.3 Å². The van der Waals surface area contributed by atoms with Gasteiger partial charge in [0, 0.05) is 6.54 Å². The number of hydrogen-bond donors (Lipinski definition) is 1. The van der Waals surface area contributed by atoms with Gasteiger partial charge in [0.25, 0.3) is 0 Å². The van der Waals surface area contributed by atoms with Crippen LogP contribution in [0.5, 0.6) is 0 Å². The molecule has 1 saturated heterocycles. The highest BCUT2D eigenvalue weighted by molar-refractivity contribution is 7.98. The maximum atomic E-state index is 12.6. The van der Waals surface area contributed by atoms with Gasteiger partial charge in [-0.1, -0.05) is 25.7 Å². The number of hydrogen-bond acceptors (Lipinski definition) is 4. The molecule has 2 rings (SSSR count). The second kappa shape index (κ2) is 7.29. The molecule has 6 heteroatoms. The number of imide groups is 2. The van der Waals surface area contributed by atoms with Crippen LogP contribution in [0.2, 0.25) is 0 Å². The molecule has 0 aromatic heterocycles. The van der Waals surface area contributed by atoms with Gasteiger partial charge < -0.3 is 0 Å². The predicted octanol–water partition coefficient (Wildman–Crippen LogP) is 2.55. The number of urea groups is 1.